The number of aromatic nitrogens is 7. The highest BCUT2D eigenvalue weighted by Gasteiger charge is 2.18. The number of hydrogen-bond donors (Lipinski definition) is 1. The number of aryl methyl sites for hydroxylation is 1. The number of oxazole rings is 1. The third kappa shape index (κ3) is 2.90. The monoisotopic (exact) mass is 348 g/mol. The highest BCUT2D eigenvalue weighted by Crippen LogP contribution is 2.21. The van der Waals surface area contributed by atoms with Crippen molar-refractivity contribution in [3.05, 3.63) is 60.6 Å². The maximum atomic E-state index is 12.5. The van der Waals surface area contributed by atoms with Gasteiger partial charge >= 0.3 is 6.01 Å². The van der Waals surface area contributed by atoms with Crippen LogP contribution in [0.2, 0.25) is 0 Å². The van der Waals surface area contributed by atoms with Gasteiger partial charge in [-0.25, -0.2) is 9.97 Å². The van der Waals surface area contributed by atoms with Crippen LogP contribution < -0.4 is 5.32 Å². The minimum absolute atomic E-state index is 0.0468. The Hall–Kier alpha value is -3.95. The van der Waals surface area contributed by atoms with E-state index in [1.54, 1.807) is 18.5 Å². The Kier molecular flexibility index (Phi) is 3.90. The van der Waals surface area contributed by atoms with E-state index in [4.69, 9.17) is 4.42 Å². The quantitative estimate of drug-likeness (QED) is 0.590. The van der Waals surface area contributed by atoms with Crippen LogP contribution in [-0.2, 0) is 0 Å². The maximum absolute atomic E-state index is 12.5. The van der Waals surface area contributed by atoms with Crippen LogP contribution in [0.25, 0.3) is 17.2 Å². The van der Waals surface area contributed by atoms with E-state index >= 15 is 0 Å². The Morgan fingerprint density at radius 2 is 2.15 bits per heavy atom. The van der Waals surface area contributed by atoms with Crippen molar-refractivity contribution in [1.82, 2.24) is 34.9 Å². The van der Waals surface area contributed by atoms with Gasteiger partial charge in [0.2, 0.25) is 0 Å². The molecule has 1 amide bonds. The Morgan fingerprint density at radius 3 is 2.96 bits per heavy atom. The third-order valence-electron chi connectivity index (χ3n) is 3.54. The summed E-state index contributed by atoms with van der Waals surface area (Å²) in [4.78, 5) is 28.9. The van der Waals surface area contributed by atoms with Crippen molar-refractivity contribution in [3.8, 4) is 17.2 Å². The highest BCUT2D eigenvalue weighted by molar-refractivity contribution is 6.02. The summed E-state index contributed by atoms with van der Waals surface area (Å²) in [6.07, 6.45) is 7.33. The van der Waals surface area contributed by atoms with E-state index in [9.17, 15) is 4.79 Å². The smallest absolute Gasteiger partial charge is 0.302 e. The molecule has 0 aliphatic rings. The molecule has 0 fully saturated rings. The Balaban J connectivity index is 1.57. The Morgan fingerprint density at radius 1 is 1.23 bits per heavy atom. The lowest BCUT2D eigenvalue weighted by atomic mass is 10.2. The second kappa shape index (κ2) is 6.51. The summed E-state index contributed by atoms with van der Waals surface area (Å²) in [5, 5.41) is 10.2. The zero-order chi connectivity index (χ0) is 17.9. The predicted molar refractivity (Wildman–Crippen MR) is 89.4 cm³/mol. The molecular formula is C16H12N8O2. The van der Waals surface area contributed by atoms with Crippen molar-refractivity contribution < 1.29 is 9.21 Å². The van der Waals surface area contributed by atoms with Gasteiger partial charge in [-0.1, -0.05) is 11.3 Å². The molecule has 0 unspecified atom stereocenters. The van der Waals surface area contributed by atoms with Crippen molar-refractivity contribution in [2.75, 3.05) is 5.32 Å². The predicted octanol–water partition coefficient (Wildman–Crippen LogP) is 1.67. The zero-order valence-electron chi connectivity index (χ0n) is 13.6. The number of carbonyl (C=O) groups excluding carboxylic acids is 1. The van der Waals surface area contributed by atoms with E-state index in [1.165, 1.54) is 23.5 Å². The van der Waals surface area contributed by atoms with Crippen LogP contribution in [0.15, 0.2) is 53.8 Å². The summed E-state index contributed by atoms with van der Waals surface area (Å²) in [5.74, 6) is -0.0698. The Labute approximate surface area is 147 Å². The van der Waals surface area contributed by atoms with Gasteiger partial charge in [0.15, 0.2) is 11.5 Å². The first kappa shape index (κ1) is 15.6. The van der Waals surface area contributed by atoms with Gasteiger partial charge in [0, 0.05) is 18.5 Å². The summed E-state index contributed by atoms with van der Waals surface area (Å²) < 4.78 is 6.62. The summed E-state index contributed by atoms with van der Waals surface area (Å²) in [7, 11) is 0. The fourth-order valence-electron chi connectivity index (χ4n) is 2.32. The summed E-state index contributed by atoms with van der Waals surface area (Å²) in [6.45, 7) is 1.92. The molecule has 0 saturated heterocycles. The topological polar surface area (TPSA) is 125 Å². The zero-order valence-corrected chi connectivity index (χ0v) is 13.6. The SMILES string of the molecule is Cc1cccnc1-c1coc(NC(=O)c2cnnn2-c2ccncn2)n1. The number of carbonyl (C=O) groups is 1. The molecule has 10 heteroatoms. The van der Waals surface area contributed by atoms with Crippen molar-refractivity contribution in [3.63, 3.8) is 0 Å². The number of hydrogen-bond acceptors (Lipinski definition) is 8. The molecule has 10 nitrogen and oxygen atoms in total. The molecule has 4 aromatic rings. The molecule has 4 heterocycles. The van der Waals surface area contributed by atoms with Crippen molar-refractivity contribution in [2.24, 2.45) is 0 Å². The molecule has 0 aliphatic carbocycles. The normalized spacial score (nSPS) is 10.7. The van der Waals surface area contributed by atoms with Gasteiger partial charge in [-0.15, -0.1) is 5.10 Å². The molecule has 0 atom stereocenters. The number of rotatable bonds is 4. The number of nitrogens with zero attached hydrogens (tertiary/aromatic N) is 7. The van der Waals surface area contributed by atoms with Crippen LogP contribution in [0.3, 0.4) is 0 Å². The third-order valence-corrected chi connectivity index (χ3v) is 3.54. The molecule has 0 aromatic carbocycles. The summed E-state index contributed by atoms with van der Waals surface area (Å²) in [5.41, 5.74) is 2.34. The molecule has 0 bridgehead atoms. The highest BCUT2D eigenvalue weighted by atomic mass is 16.4. The van der Waals surface area contributed by atoms with Crippen LogP contribution >= 0.6 is 0 Å². The van der Waals surface area contributed by atoms with Crippen LogP contribution in [0.5, 0.6) is 0 Å². The van der Waals surface area contributed by atoms with E-state index in [2.05, 4.69) is 35.6 Å². The average Bonchev–Trinajstić information content (AvgIpc) is 3.32. The first-order valence-corrected chi connectivity index (χ1v) is 7.58. The number of amides is 1. The Bertz CT molecular complexity index is 1060. The average molecular weight is 348 g/mol. The molecular weight excluding hydrogens is 336 g/mol. The van der Waals surface area contributed by atoms with Gasteiger partial charge in [0.25, 0.3) is 5.91 Å². The molecule has 0 spiro atoms. The van der Waals surface area contributed by atoms with E-state index < -0.39 is 5.91 Å². The van der Waals surface area contributed by atoms with Gasteiger partial charge in [-0.2, -0.15) is 9.67 Å². The van der Waals surface area contributed by atoms with E-state index in [-0.39, 0.29) is 11.7 Å². The number of anilines is 1. The number of pyridine rings is 1. The molecule has 0 aliphatic heterocycles. The minimum atomic E-state index is -0.486. The van der Waals surface area contributed by atoms with E-state index in [0.717, 1.165) is 5.56 Å². The molecule has 128 valence electrons. The van der Waals surface area contributed by atoms with Gasteiger partial charge in [-0.3, -0.25) is 15.1 Å². The second-order valence-electron chi connectivity index (χ2n) is 5.26. The largest absolute Gasteiger partial charge is 0.431 e. The van der Waals surface area contributed by atoms with Gasteiger partial charge in [0.1, 0.15) is 18.3 Å². The van der Waals surface area contributed by atoms with Crippen LogP contribution in [0.1, 0.15) is 16.1 Å². The van der Waals surface area contributed by atoms with Crippen LogP contribution in [0.4, 0.5) is 6.01 Å². The first-order chi connectivity index (χ1) is 12.7. The fraction of sp³-hybridized carbons (Fsp3) is 0.0625. The molecule has 0 saturated carbocycles. The number of nitrogens with one attached hydrogen (secondary N) is 1. The first-order valence-electron chi connectivity index (χ1n) is 7.58. The van der Waals surface area contributed by atoms with Crippen molar-refractivity contribution >= 4 is 11.9 Å². The van der Waals surface area contributed by atoms with E-state index in [1.807, 2.05) is 19.1 Å². The second-order valence-corrected chi connectivity index (χ2v) is 5.26. The lowest BCUT2D eigenvalue weighted by Crippen LogP contribution is -2.17. The van der Waals surface area contributed by atoms with E-state index in [0.29, 0.717) is 17.2 Å². The lowest BCUT2D eigenvalue weighted by Gasteiger charge is -2.03. The molecule has 4 aromatic heterocycles. The van der Waals surface area contributed by atoms with Gasteiger partial charge in [-0.05, 0) is 18.6 Å². The fourth-order valence-corrected chi connectivity index (χ4v) is 2.32. The summed E-state index contributed by atoms with van der Waals surface area (Å²) in [6, 6.07) is 5.41. The lowest BCUT2D eigenvalue weighted by molar-refractivity contribution is 0.101. The van der Waals surface area contributed by atoms with Crippen LogP contribution in [0, 0.1) is 6.92 Å². The molecule has 4 rings (SSSR count). The van der Waals surface area contributed by atoms with Gasteiger partial charge < -0.3 is 4.42 Å². The van der Waals surface area contributed by atoms with Crippen molar-refractivity contribution in [1.29, 1.82) is 0 Å². The molecule has 26 heavy (non-hydrogen) atoms. The molecule has 1 N–H and O–H groups in total. The summed E-state index contributed by atoms with van der Waals surface area (Å²) >= 11 is 0. The maximum Gasteiger partial charge on any atom is 0.302 e. The standard InChI is InChI=1S/C16H12N8O2/c1-10-3-2-5-18-14(10)11-8-26-16(21-11)22-15(25)12-7-20-23-24(12)13-4-6-17-9-19-13/h2-9H,1H3,(H,21,22,25). The van der Waals surface area contributed by atoms with Gasteiger partial charge in [0.05, 0.1) is 11.9 Å². The van der Waals surface area contributed by atoms with Crippen molar-refractivity contribution in [2.45, 2.75) is 6.92 Å². The minimum Gasteiger partial charge on any atom is -0.431 e. The van der Waals surface area contributed by atoms with Crippen LogP contribution in [-0.4, -0.2) is 40.8 Å². The molecule has 0 radical (unpaired) electrons.